The summed E-state index contributed by atoms with van der Waals surface area (Å²) in [6, 6.07) is 3.91. The van der Waals surface area contributed by atoms with E-state index in [-0.39, 0.29) is 24.1 Å². The normalized spacial score (nSPS) is 10.6. The summed E-state index contributed by atoms with van der Waals surface area (Å²) in [4.78, 5) is 11.8. The van der Waals surface area contributed by atoms with Gasteiger partial charge in [-0.05, 0) is 18.2 Å². The Labute approximate surface area is 119 Å². The number of carbonyl (C=O) groups is 1. The maximum atomic E-state index is 13.0. The molecule has 0 aliphatic carbocycles. The quantitative estimate of drug-likeness (QED) is 0.870. The number of benzene rings is 1. The Morgan fingerprint density at radius 2 is 2.30 bits per heavy atom. The number of hydrogen-bond donors (Lipinski definition) is 2. The smallest absolute Gasteiger partial charge is 0.246 e. The Bertz CT molecular complexity index is 617. The molecule has 1 heterocycles. The van der Waals surface area contributed by atoms with Gasteiger partial charge in [0.1, 0.15) is 12.4 Å². The van der Waals surface area contributed by atoms with E-state index in [0.717, 1.165) is 0 Å². The van der Waals surface area contributed by atoms with Gasteiger partial charge >= 0.3 is 0 Å². The van der Waals surface area contributed by atoms with Gasteiger partial charge in [0.2, 0.25) is 5.91 Å². The number of rotatable bonds is 5. The first-order chi connectivity index (χ1) is 9.58. The van der Waals surface area contributed by atoms with Gasteiger partial charge in [0, 0.05) is 24.9 Å². The molecule has 106 valence electrons. The van der Waals surface area contributed by atoms with Crippen LogP contribution in [0, 0.1) is 5.82 Å². The first-order valence-electron chi connectivity index (χ1n) is 5.83. The lowest BCUT2D eigenvalue weighted by molar-refractivity contribution is -0.116. The van der Waals surface area contributed by atoms with Gasteiger partial charge < -0.3 is 10.4 Å². The monoisotopic (exact) mass is 298 g/mol. The van der Waals surface area contributed by atoms with E-state index in [2.05, 4.69) is 15.6 Å². The number of anilines is 1. The molecule has 0 aliphatic heterocycles. The fourth-order valence-corrected chi connectivity index (χ4v) is 1.75. The van der Waals surface area contributed by atoms with Gasteiger partial charge in [0.15, 0.2) is 0 Å². The van der Waals surface area contributed by atoms with Crippen LogP contribution in [-0.2, 0) is 17.8 Å². The van der Waals surface area contributed by atoms with Gasteiger partial charge in [-0.1, -0.05) is 16.8 Å². The average Bonchev–Trinajstić information content (AvgIpc) is 2.81. The maximum absolute atomic E-state index is 13.0. The van der Waals surface area contributed by atoms with Crippen LogP contribution in [0.3, 0.4) is 0 Å². The number of aliphatic hydroxyl groups is 1. The summed E-state index contributed by atoms with van der Waals surface area (Å²) in [5.74, 6) is -0.886. The van der Waals surface area contributed by atoms with E-state index in [4.69, 9.17) is 16.7 Å². The number of carbonyl (C=O) groups excluding carboxylic acids is 1. The Kier molecular flexibility index (Phi) is 4.65. The van der Waals surface area contributed by atoms with Gasteiger partial charge in [-0.3, -0.25) is 4.79 Å². The van der Waals surface area contributed by atoms with Crippen molar-refractivity contribution >= 4 is 23.2 Å². The van der Waals surface area contributed by atoms with Crippen molar-refractivity contribution in [2.75, 3.05) is 11.9 Å². The van der Waals surface area contributed by atoms with E-state index in [1.165, 1.54) is 22.9 Å². The molecule has 2 aromatic rings. The molecule has 20 heavy (non-hydrogen) atoms. The summed E-state index contributed by atoms with van der Waals surface area (Å²) in [7, 11) is 0. The molecule has 6 nitrogen and oxygen atoms in total. The molecule has 0 radical (unpaired) electrons. The van der Waals surface area contributed by atoms with Crippen molar-refractivity contribution in [2.45, 2.75) is 13.0 Å². The highest BCUT2D eigenvalue weighted by Gasteiger charge is 2.08. The molecule has 0 atom stereocenters. The van der Waals surface area contributed by atoms with Crippen molar-refractivity contribution in [1.82, 2.24) is 15.0 Å². The molecular formula is C12H12ClFN4O2. The van der Waals surface area contributed by atoms with Gasteiger partial charge in [0.25, 0.3) is 0 Å². The zero-order valence-electron chi connectivity index (χ0n) is 10.4. The summed E-state index contributed by atoms with van der Waals surface area (Å²) in [5.41, 5.74) is 1.00. The highest BCUT2D eigenvalue weighted by atomic mass is 35.5. The molecule has 0 saturated heterocycles. The minimum Gasteiger partial charge on any atom is -0.396 e. The third-order valence-corrected chi connectivity index (χ3v) is 2.75. The molecule has 0 saturated carbocycles. The summed E-state index contributed by atoms with van der Waals surface area (Å²) in [6.45, 7) is -0.0631. The Morgan fingerprint density at radius 3 is 3.00 bits per heavy atom. The van der Waals surface area contributed by atoms with Crippen LogP contribution in [0.25, 0.3) is 0 Å². The van der Waals surface area contributed by atoms with E-state index in [0.29, 0.717) is 17.8 Å². The molecule has 1 aromatic carbocycles. The molecule has 8 heteroatoms. The van der Waals surface area contributed by atoms with E-state index >= 15 is 0 Å². The maximum Gasteiger partial charge on any atom is 0.246 e. The summed E-state index contributed by atoms with van der Waals surface area (Å²) in [6.07, 6.45) is 1.96. The van der Waals surface area contributed by atoms with Crippen molar-refractivity contribution in [1.29, 1.82) is 0 Å². The second-order valence-corrected chi connectivity index (χ2v) is 4.47. The highest BCUT2D eigenvalue weighted by Crippen LogP contribution is 2.19. The lowest BCUT2D eigenvalue weighted by Gasteiger charge is -2.05. The van der Waals surface area contributed by atoms with Crippen LogP contribution in [0.15, 0.2) is 24.4 Å². The molecular weight excluding hydrogens is 287 g/mol. The SMILES string of the molecule is O=C(Cn1cc(CCO)nn1)Nc1ccc(F)c(Cl)c1. The van der Waals surface area contributed by atoms with E-state index in [1.54, 1.807) is 6.20 Å². The molecule has 1 amide bonds. The van der Waals surface area contributed by atoms with Crippen LogP contribution < -0.4 is 5.32 Å². The van der Waals surface area contributed by atoms with Crippen LogP contribution >= 0.6 is 11.6 Å². The average molecular weight is 299 g/mol. The molecule has 0 spiro atoms. The first kappa shape index (κ1) is 14.4. The van der Waals surface area contributed by atoms with Crippen molar-refractivity contribution in [2.24, 2.45) is 0 Å². The largest absolute Gasteiger partial charge is 0.396 e. The van der Waals surface area contributed by atoms with Gasteiger partial charge in [-0.15, -0.1) is 5.10 Å². The second-order valence-electron chi connectivity index (χ2n) is 4.06. The van der Waals surface area contributed by atoms with Crippen LogP contribution in [0.2, 0.25) is 5.02 Å². The number of amides is 1. The Hall–Kier alpha value is -1.99. The number of halogens is 2. The minimum absolute atomic E-state index is 0.0288. The number of nitrogens with zero attached hydrogens (tertiary/aromatic N) is 3. The zero-order valence-corrected chi connectivity index (χ0v) is 11.1. The molecule has 2 rings (SSSR count). The summed E-state index contributed by atoms with van der Waals surface area (Å²) in [5, 5.41) is 18.8. The predicted octanol–water partition coefficient (Wildman–Crippen LogP) is 1.24. The Morgan fingerprint density at radius 1 is 1.50 bits per heavy atom. The molecule has 2 N–H and O–H groups in total. The topological polar surface area (TPSA) is 80.0 Å². The molecule has 0 fully saturated rings. The molecule has 0 bridgehead atoms. The van der Waals surface area contributed by atoms with E-state index in [1.807, 2.05) is 0 Å². The third-order valence-electron chi connectivity index (χ3n) is 2.46. The highest BCUT2D eigenvalue weighted by molar-refractivity contribution is 6.31. The first-order valence-corrected chi connectivity index (χ1v) is 6.21. The van der Waals surface area contributed by atoms with E-state index in [9.17, 15) is 9.18 Å². The molecule has 0 aliphatic rings. The second kappa shape index (κ2) is 6.44. The van der Waals surface area contributed by atoms with Gasteiger partial charge in [0.05, 0.1) is 10.7 Å². The van der Waals surface area contributed by atoms with Crippen molar-refractivity contribution in [3.63, 3.8) is 0 Å². The lowest BCUT2D eigenvalue weighted by Crippen LogP contribution is -2.19. The number of hydrogen-bond acceptors (Lipinski definition) is 4. The summed E-state index contributed by atoms with van der Waals surface area (Å²) >= 11 is 5.62. The van der Waals surface area contributed by atoms with Crippen molar-refractivity contribution in [3.05, 3.63) is 40.9 Å². The lowest BCUT2D eigenvalue weighted by atomic mass is 10.3. The van der Waals surface area contributed by atoms with Crippen LogP contribution in [0.1, 0.15) is 5.69 Å². The van der Waals surface area contributed by atoms with Crippen molar-refractivity contribution in [3.8, 4) is 0 Å². The molecule has 1 aromatic heterocycles. The van der Waals surface area contributed by atoms with Crippen LogP contribution in [0.5, 0.6) is 0 Å². The van der Waals surface area contributed by atoms with Gasteiger partial charge in [-0.2, -0.15) is 0 Å². The standard InChI is InChI=1S/C12H12ClFN4O2/c13-10-5-8(1-2-11(10)14)15-12(20)7-18-6-9(3-4-19)16-17-18/h1-2,5-6,19H,3-4,7H2,(H,15,20). The van der Waals surface area contributed by atoms with Gasteiger partial charge in [-0.25, -0.2) is 9.07 Å². The van der Waals surface area contributed by atoms with Crippen LogP contribution in [-0.4, -0.2) is 32.6 Å². The van der Waals surface area contributed by atoms with E-state index < -0.39 is 5.82 Å². The third kappa shape index (κ3) is 3.75. The number of aromatic nitrogens is 3. The number of aliphatic hydroxyl groups excluding tert-OH is 1. The summed E-state index contributed by atoms with van der Waals surface area (Å²) < 4.78 is 14.3. The Balaban J connectivity index is 1.95. The fraction of sp³-hybridized carbons (Fsp3) is 0.250. The van der Waals surface area contributed by atoms with Crippen molar-refractivity contribution < 1.29 is 14.3 Å². The zero-order chi connectivity index (χ0) is 14.5. The van der Waals surface area contributed by atoms with Crippen LogP contribution in [0.4, 0.5) is 10.1 Å². The number of nitrogens with one attached hydrogen (secondary N) is 1. The fourth-order valence-electron chi connectivity index (χ4n) is 1.57. The molecule has 0 unspecified atom stereocenters. The predicted molar refractivity (Wildman–Crippen MR) is 70.9 cm³/mol. The minimum atomic E-state index is -0.547.